The zero-order chi connectivity index (χ0) is 18.1. The third-order valence-corrected chi connectivity index (χ3v) is 3.58. The monoisotopic (exact) mass is 471 g/mol. The summed E-state index contributed by atoms with van der Waals surface area (Å²) in [5, 5.41) is 8.81. The number of aryl methyl sites for hydroxylation is 1. The SMILES string of the molecule is CN=C(NCCc1ccc(F)cc1C)NCC(=O)Nc1cccnc1.I. The first-order chi connectivity index (χ1) is 12.1. The van der Waals surface area contributed by atoms with Crippen LogP contribution in [-0.2, 0) is 11.2 Å². The number of guanidine groups is 1. The van der Waals surface area contributed by atoms with Crippen molar-refractivity contribution in [3.05, 3.63) is 59.7 Å². The van der Waals surface area contributed by atoms with E-state index in [1.807, 2.05) is 6.92 Å². The van der Waals surface area contributed by atoms with Gasteiger partial charge in [0, 0.05) is 19.8 Å². The highest BCUT2D eigenvalue weighted by atomic mass is 127. The van der Waals surface area contributed by atoms with Gasteiger partial charge >= 0.3 is 0 Å². The van der Waals surface area contributed by atoms with E-state index in [2.05, 4.69) is 25.9 Å². The van der Waals surface area contributed by atoms with Crippen LogP contribution in [0.25, 0.3) is 0 Å². The molecule has 140 valence electrons. The molecule has 0 radical (unpaired) electrons. The number of benzene rings is 1. The second-order valence-electron chi connectivity index (χ2n) is 5.46. The molecule has 3 N–H and O–H groups in total. The summed E-state index contributed by atoms with van der Waals surface area (Å²) in [6.45, 7) is 2.59. The van der Waals surface area contributed by atoms with Gasteiger partial charge in [-0.15, -0.1) is 24.0 Å². The first-order valence-electron chi connectivity index (χ1n) is 7.98. The molecule has 26 heavy (non-hydrogen) atoms. The standard InChI is InChI=1S/C18H22FN5O.HI/c1-13-10-15(19)6-5-14(13)7-9-22-18(20-2)23-12-17(25)24-16-4-3-8-21-11-16;/h3-6,8,10-11H,7,9,12H2,1-2H3,(H,24,25)(H2,20,22,23);1H. The van der Waals surface area contributed by atoms with Gasteiger partial charge in [-0.25, -0.2) is 4.39 Å². The van der Waals surface area contributed by atoms with E-state index in [1.165, 1.54) is 12.1 Å². The number of anilines is 1. The Kier molecular flexibility index (Phi) is 9.56. The number of nitrogens with one attached hydrogen (secondary N) is 3. The normalized spacial score (nSPS) is 10.7. The molecular formula is C18H23FIN5O. The van der Waals surface area contributed by atoms with E-state index in [0.29, 0.717) is 18.2 Å². The molecule has 2 aromatic rings. The lowest BCUT2D eigenvalue weighted by Gasteiger charge is -2.12. The maximum Gasteiger partial charge on any atom is 0.243 e. The molecule has 1 amide bonds. The second kappa shape index (κ2) is 11.4. The highest BCUT2D eigenvalue weighted by Crippen LogP contribution is 2.10. The largest absolute Gasteiger partial charge is 0.356 e. The first kappa shape index (κ1) is 21.8. The Bertz CT molecular complexity index is 740. The quantitative estimate of drug-likeness (QED) is 0.344. The third kappa shape index (κ3) is 7.34. The van der Waals surface area contributed by atoms with Crippen LogP contribution in [0.2, 0.25) is 0 Å². The number of hydrogen-bond acceptors (Lipinski definition) is 3. The van der Waals surface area contributed by atoms with E-state index in [0.717, 1.165) is 17.5 Å². The maximum absolute atomic E-state index is 13.1. The molecule has 0 saturated heterocycles. The van der Waals surface area contributed by atoms with Gasteiger partial charge in [0.1, 0.15) is 5.82 Å². The highest BCUT2D eigenvalue weighted by molar-refractivity contribution is 14.0. The Hall–Kier alpha value is -2.23. The number of aliphatic imine (C=N–C) groups is 1. The Labute approximate surface area is 169 Å². The number of rotatable bonds is 6. The number of carbonyl (C=O) groups excluding carboxylic acids is 1. The molecule has 0 bridgehead atoms. The Morgan fingerprint density at radius 2 is 2.08 bits per heavy atom. The number of halogens is 2. The summed E-state index contributed by atoms with van der Waals surface area (Å²) in [7, 11) is 1.64. The van der Waals surface area contributed by atoms with Crippen LogP contribution in [0.1, 0.15) is 11.1 Å². The van der Waals surface area contributed by atoms with E-state index in [1.54, 1.807) is 37.6 Å². The van der Waals surface area contributed by atoms with Gasteiger partial charge < -0.3 is 16.0 Å². The molecule has 0 unspecified atom stereocenters. The van der Waals surface area contributed by atoms with Crippen LogP contribution >= 0.6 is 24.0 Å². The predicted octanol–water partition coefficient (Wildman–Crippen LogP) is 2.49. The van der Waals surface area contributed by atoms with Crippen molar-refractivity contribution in [3.63, 3.8) is 0 Å². The molecule has 8 heteroatoms. The lowest BCUT2D eigenvalue weighted by molar-refractivity contribution is -0.115. The van der Waals surface area contributed by atoms with Gasteiger partial charge in [0.25, 0.3) is 0 Å². The predicted molar refractivity (Wildman–Crippen MR) is 112 cm³/mol. The summed E-state index contributed by atoms with van der Waals surface area (Å²) in [5.74, 6) is 0.109. The molecule has 1 aromatic carbocycles. The summed E-state index contributed by atoms with van der Waals surface area (Å²) in [6, 6.07) is 8.28. The van der Waals surface area contributed by atoms with Crippen LogP contribution in [0, 0.1) is 12.7 Å². The zero-order valence-corrected chi connectivity index (χ0v) is 17.1. The fourth-order valence-electron chi connectivity index (χ4n) is 2.28. The van der Waals surface area contributed by atoms with Crippen LogP contribution in [0.5, 0.6) is 0 Å². The van der Waals surface area contributed by atoms with Gasteiger partial charge in [-0.2, -0.15) is 0 Å². The number of carbonyl (C=O) groups is 1. The lowest BCUT2D eigenvalue weighted by atomic mass is 10.1. The summed E-state index contributed by atoms with van der Waals surface area (Å²) < 4.78 is 13.1. The van der Waals surface area contributed by atoms with Crippen molar-refractivity contribution in [2.45, 2.75) is 13.3 Å². The van der Waals surface area contributed by atoms with Crippen LogP contribution in [0.15, 0.2) is 47.7 Å². The van der Waals surface area contributed by atoms with Gasteiger partial charge in [0.15, 0.2) is 5.96 Å². The van der Waals surface area contributed by atoms with Crippen molar-refractivity contribution in [2.24, 2.45) is 4.99 Å². The molecule has 2 rings (SSSR count). The van der Waals surface area contributed by atoms with E-state index in [-0.39, 0.29) is 42.2 Å². The number of aromatic nitrogens is 1. The summed E-state index contributed by atoms with van der Waals surface area (Å²) in [6.07, 6.45) is 3.95. The van der Waals surface area contributed by atoms with Crippen LogP contribution in [-0.4, -0.2) is 37.0 Å². The Morgan fingerprint density at radius 1 is 1.27 bits per heavy atom. The third-order valence-electron chi connectivity index (χ3n) is 3.58. The van der Waals surface area contributed by atoms with E-state index in [9.17, 15) is 9.18 Å². The molecule has 0 aliphatic heterocycles. The Morgan fingerprint density at radius 3 is 2.73 bits per heavy atom. The molecule has 0 spiro atoms. The van der Waals surface area contributed by atoms with Crippen LogP contribution < -0.4 is 16.0 Å². The van der Waals surface area contributed by atoms with E-state index >= 15 is 0 Å². The summed E-state index contributed by atoms with van der Waals surface area (Å²) >= 11 is 0. The van der Waals surface area contributed by atoms with E-state index in [4.69, 9.17) is 0 Å². The fraction of sp³-hybridized carbons (Fsp3) is 0.278. The van der Waals surface area contributed by atoms with Crippen molar-refractivity contribution in [1.29, 1.82) is 0 Å². The van der Waals surface area contributed by atoms with Gasteiger partial charge in [-0.3, -0.25) is 14.8 Å². The van der Waals surface area contributed by atoms with Crippen molar-refractivity contribution >= 4 is 41.5 Å². The first-order valence-corrected chi connectivity index (χ1v) is 7.98. The smallest absolute Gasteiger partial charge is 0.243 e. The molecule has 6 nitrogen and oxygen atoms in total. The average Bonchev–Trinajstić information content (AvgIpc) is 2.60. The van der Waals surface area contributed by atoms with Gasteiger partial charge in [-0.1, -0.05) is 6.07 Å². The molecule has 1 aromatic heterocycles. The number of nitrogens with zero attached hydrogens (tertiary/aromatic N) is 2. The highest BCUT2D eigenvalue weighted by Gasteiger charge is 2.05. The maximum atomic E-state index is 13.1. The molecular weight excluding hydrogens is 448 g/mol. The van der Waals surface area contributed by atoms with Gasteiger partial charge in [0.2, 0.25) is 5.91 Å². The van der Waals surface area contributed by atoms with E-state index < -0.39 is 0 Å². The van der Waals surface area contributed by atoms with Crippen molar-refractivity contribution in [3.8, 4) is 0 Å². The second-order valence-corrected chi connectivity index (χ2v) is 5.46. The molecule has 0 atom stereocenters. The van der Waals surface area contributed by atoms with Crippen LogP contribution in [0.3, 0.4) is 0 Å². The fourth-order valence-corrected chi connectivity index (χ4v) is 2.28. The minimum Gasteiger partial charge on any atom is -0.356 e. The minimum absolute atomic E-state index is 0. The van der Waals surface area contributed by atoms with Crippen molar-refractivity contribution in [2.75, 3.05) is 25.5 Å². The zero-order valence-electron chi connectivity index (χ0n) is 14.8. The van der Waals surface area contributed by atoms with Crippen LogP contribution in [0.4, 0.5) is 10.1 Å². The molecule has 1 heterocycles. The average molecular weight is 471 g/mol. The molecule has 0 saturated carbocycles. The minimum atomic E-state index is -0.230. The molecule has 0 aliphatic carbocycles. The summed E-state index contributed by atoms with van der Waals surface area (Å²) in [5.41, 5.74) is 2.63. The Balaban J connectivity index is 0.00000338. The number of hydrogen-bond donors (Lipinski definition) is 3. The number of pyridine rings is 1. The molecule has 0 aliphatic rings. The lowest BCUT2D eigenvalue weighted by Crippen LogP contribution is -2.42. The topological polar surface area (TPSA) is 78.4 Å². The summed E-state index contributed by atoms with van der Waals surface area (Å²) in [4.78, 5) is 19.9. The van der Waals surface area contributed by atoms with Gasteiger partial charge in [-0.05, 0) is 48.7 Å². The van der Waals surface area contributed by atoms with Crippen molar-refractivity contribution in [1.82, 2.24) is 15.6 Å². The van der Waals surface area contributed by atoms with Gasteiger partial charge in [0.05, 0.1) is 18.4 Å². The molecule has 0 fully saturated rings. The van der Waals surface area contributed by atoms with Crippen molar-refractivity contribution < 1.29 is 9.18 Å². The number of amides is 1.